The largest absolute Gasteiger partial charge is 0.478 e. The van der Waals surface area contributed by atoms with Crippen molar-refractivity contribution in [2.75, 3.05) is 0 Å². The minimum atomic E-state index is -7.29. The van der Waals surface area contributed by atoms with Crippen molar-refractivity contribution < 1.29 is 76.9 Å². The fourth-order valence-corrected chi connectivity index (χ4v) is 2.28. The van der Waals surface area contributed by atoms with E-state index in [9.17, 15) is 62.3 Å². The summed E-state index contributed by atoms with van der Waals surface area (Å²) in [5, 5.41) is 8.63. The third-order valence-corrected chi connectivity index (χ3v) is 3.78. The number of rotatable bonds is 4. The van der Waals surface area contributed by atoms with Crippen molar-refractivity contribution >= 4 is 11.9 Å². The normalized spacial score (nSPS) is 23.8. The first-order valence-electron chi connectivity index (χ1n) is 7.46. The fraction of sp³-hybridized carbons (Fsp3) is 0.429. The Bertz CT molecular complexity index is 890. The minimum absolute atomic E-state index is 0.316. The molecule has 0 radical (unpaired) electrons. The van der Waals surface area contributed by atoms with Gasteiger partial charge in [-0.05, 0) is 24.3 Å². The van der Waals surface area contributed by atoms with E-state index in [0.29, 0.717) is 24.3 Å². The zero-order chi connectivity index (χ0) is 25.1. The van der Waals surface area contributed by atoms with Crippen LogP contribution in [0.15, 0.2) is 24.3 Å². The Kier molecular flexibility index (Phi) is 5.68. The number of alkyl halides is 12. The van der Waals surface area contributed by atoms with Crippen molar-refractivity contribution in [3.63, 3.8) is 0 Å². The molecule has 32 heavy (non-hydrogen) atoms. The lowest BCUT2D eigenvalue weighted by Crippen LogP contribution is -2.82. The second-order valence-electron chi connectivity index (χ2n) is 5.89. The number of morpholine rings is 1. The third kappa shape index (κ3) is 3.59. The third-order valence-electron chi connectivity index (χ3n) is 3.78. The highest BCUT2D eigenvalue weighted by molar-refractivity contribution is 5.88. The maximum atomic E-state index is 14.7. The zero-order valence-corrected chi connectivity index (χ0v) is 14.4. The van der Waals surface area contributed by atoms with E-state index in [4.69, 9.17) is 5.11 Å². The molecule has 0 spiro atoms. The van der Waals surface area contributed by atoms with Crippen molar-refractivity contribution in [1.29, 1.82) is 0 Å². The van der Waals surface area contributed by atoms with Gasteiger partial charge in [-0.1, -0.05) is 0 Å². The quantitative estimate of drug-likeness (QED) is 0.292. The molecule has 2 rings (SSSR count). The van der Waals surface area contributed by atoms with Crippen molar-refractivity contribution in [3.8, 4) is 5.75 Å². The highest BCUT2D eigenvalue weighted by Crippen LogP contribution is 2.60. The highest BCUT2D eigenvalue weighted by atomic mass is 19.4. The van der Waals surface area contributed by atoms with Gasteiger partial charge in [0, 0.05) is 0 Å². The molecule has 1 fully saturated rings. The number of carboxylic acid groups (broad SMARTS) is 1. The van der Waals surface area contributed by atoms with Crippen LogP contribution in [0, 0.1) is 0 Å². The summed E-state index contributed by atoms with van der Waals surface area (Å²) in [6, 6.07) is -12.7. The Morgan fingerprint density at radius 2 is 1.25 bits per heavy atom. The predicted molar refractivity (Wildman–Crippen MR) is 71.6 cm³/mol. The number of hydrogen-bond acceptors (Lipinski definition) is 5. The molecule has 6 nitrogen and oxygen atoms in total. The lowest BCUT2D eigenvalue weighted by atomic mass is 10.1. The van der Waals surface area contributed by atoms with Gasteiger partial charge in [0.1, 0.15) is 5.75 Å². The van der Waals surface area contributed by atoms with Crippen LogP contribution in [-0.2, 0) is 9.53 Å². The van der Waals surface area contributed by atoms with E-state index in [2.05, 4.69) is 4.74 Å². The van der Waals surface area contributed by atoms with E-state index in [1.165, 1.54) is 0 Å². The fourth-order valence-electron chi connectivity index (χ4n) is 2.28. The van der Waals surface area contributed by atoms with Gasteiger partial charge in [-0.15, -0.1) is 4.90 Å². The number of esters is 1. The van der Waals surface area contributed by atoms with E-state index in [1.807, 2.05) is 4.74 Å². The molecule has 0 saturated carbocycles. The van der Waals surface area contributed by atoms with Crippen LogP contribution in [0.25, 0.3) is 0 Å². The molecular weight excluding hydrogens is 490 g/mol. The molecule has 1 aromatic carbocycles. The Balaban J connectivity index is 2.66. The average molecular weight is 495 g/mol. The number of carbonyl (C=O) groups excluding carboxylic acids is 1. The Morgan fingerprint density at radius 1 is 0.844 bits per heavy atom. The van der Waals surface area contributed by atoms with Crippen molar-refractivity contribution in [2.45, 2.75) is 36.3 Å². The van der Waals surface area contributed by atoms with Gasteiger partial charge < -0.3 is 9.84 Å². The Morgan fingerprint density at radius 3 is 1.59 bits per heavy atom. The first-order valence-corrected chi connectivity index (χ1v) is 7.46. The van der Waals surface area contributed by atoms with Gasteiger partial charge in [-0.25, -0.2) is 18.7 Å². The Labute approximate surface area is 166 Å². The summed E-state index contributed by atoms with van der Waals surface area (Å²) in [5.41, 5.74) is -0.613. The Hall–Kier alpha value is -2.76. The van der Waals surface area contributed by atoms with Gasteiger partial charge in [-0.3, -0.25) is 0 Å². The van der Waals surface area contributed by atoms with E-state index in [-0.39, 0.29) is 0 Å². The van der Waals surface area contributed by atoms with Crippen LogP contribution in [-0.4, -0.2) is 58.2 Å². The summed E-state index contributed by atoms with van der Waals surface area (Å²) < 4.78 is 168. The summed E-state index contributed by atoms with van der Waals surface area (Å²) >= 11 is 0. The first-order chi connectivity index (χ1) is 14.1. The molecule has 1 aromatic rings. The molecule has 0 amide bonds. The predicted octanol–water partition coefficient (Wildman–Crippen LogP) is 4.22. The van der Waals surface area contributed by atoms with Gasteiger partial charge in [0.2, 0.25) is 0 Å². The molecule has 0 aromatic heterocycles. The number of ether oxygens (including phenoxy) is 2. The SMILES string of the molecule is O=C(O)c1ccc(OC(=O)[C@@](F)(N2C(F)(F)C(F)(F)OC(F)(F)C2(F)F)C(F)(F)F)cc1. The number of nitrogens with zero attached hydrogens (tertiary/aromatic N) is 1. The lowest BCUT2D eigenvalue weighted by molar-refractivity contribution is -0.583. The summed E-state index contributed by atoms with van der Waals surface area (Å²) in [5.74, 6) is -13.7. The van der Waals surface area contributed by atoms with Crippen molar-refractivity contribution in [2.24, 2.45) is 0 Å². The molecule has 1 heterocycles. The van der Waals surface area contributed by atoms with Crippen LogP contribution < -0.4 is 4.74 Å². The van der Waals surface area contributed by atoms with Crippen LogP contribution in [0.4, 0.5) is 52.7 Å². The number of hydrogen-bond donors (Lipinski definition) is 1. The summed E-state index contributed by atoms with van der Waals surface area (Å²) in [7, 11) is 0. The molecule has 1 aliphatic heterocycles. The molecule has 18 heteroatoms. The second kappa shape index (κ2) is 7.12. The van der Waals surface area contributed by atoms with Gasteiger partial charge in [0.05, 0.1) is 5.56 Å². The summed E-state index contributed by atoms with van der Waals surface area (Å²) in [4.78, 5) is 18.7. The van der Waals surface area contributed by atoms with E-state index in [0.717, 1.165) is 0 Å². The smallest absolute Gasteiger partial charge is 0.448 e. The zero-order valence-electron chi connectivity index (χ0n) is 14.4. The number of aromatic carboxylic acids is 1. The van der Waals surface area contributed by atoms with Crippen LogP contribution >= 0.6 is 0 Å². The van der Waals surface area contributed by atoms with Crippen LogP contribution in [0.2, 0.25) is 0 Å². The summed E-state index contributed by atoms with van der Waals surface area (Å²) in [6.45, 7) is 0. The molecule has 0 aliphatic carbocycles. The van der Waals surface area contributed by atoms with Gasteiger partial charge in [0.25, 0.3) is 0 Å². The summed E-state index contributed by atoms with van der Waals surface area (Å²) in [6.07, 6.45) is -21.0. The maximum Gasteiger partial charge on any atom is 0.448 e. The molecular formula is C14H5F12NO5. The second-order valence-corrected chi connectivity index (χ2v) is 5.89. The highest BCUT2D eigenvalue weighted by Gasteiger charge is 2.91. The number of halogens is 12. The van der Waals surface area contributed by atoms with Crippen molar-refractivity contribution in [1.82, 2.24) is 4.90 Å². The van der Waals surface area contributed by atoms with Gasteiger partial charge in [0.15, 0.2) is 0 Å². The van der Waals surface area contributed by atoms with Gasteiger partial charge >= 0.3 is 48.2 Å². The molecule has 1 N–H and O–H groups in total. The topological polar surface area (TPSA) is 76.1 Å². The van der Waals surface area contributed by atoms with Crippen molar-refractivity contribution in [3.05, 3.63) is 29.8 Å². The first kappa shape index (κ1) is 25.5. The van der Waals surface area contributed by atoms with Crippen LogP contribution in [0.1, 0.15) is 10.4 Å². The van der Waals surface area contributed by atoms with Crippen LogP contribution in [0.3, 0.4) is 0 Å². The molecule has 0 unspecified atom stereocenters. The monoisotopic (exact) mass is 495 g/mol. The van der Waals surface area contributed by atoms with Gasteiger partial charge in [-0.2, -0.15) is 48.3 Å². The maximum absolute atomic E-state index is 14.7. The van der Waals surface area contributed by atoms with Crippen LogP contribution in [0.5, 0.6) is 5.75 Å². The number of carbonyl (C=O) groups is 2. The molecule has 1 atom stereocenters. The van der Waals surface area contributed by atoms with E-state index in [1.54, 1.807) is 0 Å². The van der Waals surface area contributed by atoms with E-state index < -0.39 is 64.4 Å². The molecule has 1 aliphatic rings. The number of benzene rings is 1. The standard InChI is InChI=1S/C14H5F12NO5/c15-9(10(16,17)18,8(30)31-6-3-1-5(2-4-6)7(28)29)27-11(19,20)13(23,24)32-14(25,26)12(27,21)22/h1-4H,(H,28,29)/t9-/m1/s1. The average Bonchev–Trinajstić information content (AvgIpc) is 2.58. The molecule has 180 valence electrons. The van der Waals surface area contributed by atoms with E-state index >= 15 is 0 Å². The number of carboxylic acids is 1. The molecule has 0 bridgehead atoms. The lowest BCUT2D eigenvalue weighted by Gasteiger charge is -2.50. The minimum Gasteiger partial charge on any atom is -0.478 e. The molecule has 1 saturated heterocycles.